The van der Waals surface area contributed by atoms with Crippen LogP contribution in [0.4, 0.5) is 0 Å². The Morgan fingerprint density at radius 2 is 2.07 bits per heavy atom. The van der Waals surface area contributed by atoms with E-state index in [9.17, 15) is 4.79 Å². The van der Waals surface area contributed by atoms with E-state index in [2.05, 4.69) is 20.8 Å². The van der Waals surface area contributed by atoms with Gasteiger partial charge in [-0.1, -0.05) is 20.8 Å². The lowest BCUT2D eigenvalue weighted by Crippen LogP contribution is -2.31. The summed E-state index contributed by atoms with van der Waals surface area (Å²) >= 11 is 0. The molecule has 1 heterocycles. The topological polar surface area (TPSA) is 30.2 Å². The summed E-state index contributed by atoms with van der Waals surface area (Å²) < 4.78 is 5.44. The molecule has 1 aromatic heterocycles. The highest BCUT2D eigenvalue weighted by Gasteiger charge is 2.61. The summed E-state index contributed by atoms with van der Waals surface area (Å²) in [6.45, 7) is 6.83. The van der Waals surface area contributed by atoms with Crippen molar-refractivity contribution >= 4 is 0 Å². The lowest BCUT2D eigenvalue weighted by molar-refractivity contribution is 0.201. The second-order valence-electron chi connectivity index (χ2n) is 5.68. The molecule has 2 aliphatic carbocycles. The van der Waals surface area contributed by atoms with E-state index >= 15 is 0 Å². The van der Waals surface area contributed by atoms with E-state index in [1.807, 2.05) is 6.07 Å². The highest BCUT2D eigenvalue weighted by atomic mass is 16.4. The number of fused-ring (bicyclic) bond motifs is 5. The summed E-state index contributed by atoms with van der Waals surface area (Å²) in [5.74, 6) is 1.53. The lowest BCUT2D eigenvalue weighted by Gasteiger charge is -2.33. The molecule has 1 fully saturated rings. The van der Waals surface area contributed by atoms with Crippen LogP contribution in [0.2, 0.25) is 0 Å². The molecule has 15 heavy (non-hydrogen) atoms. The normalized spacial score (nSPS) is 35.5. The van der Waals surface area contributed by atoms with E-state index in [1.165, 1.54) is 12.0 Å². The predicted molar refractivity (Wildman–Crippen MR) is 58.1 cm³/mol. The molecule has 1 aromatic rings. The van der Waals surface area contributed by atoms with Gasteiger partial charge in [-0.25, -0.2) is 4.79 Å². The van der Waals surface area contributed by atoms with Crippen molar-refractivity contribution in [2.45, 2.75) is 44.9 Å². The summed E-state index contributed by atoms with van der Waals surface area (Å²) in [4.78, 5) is 11.3. The van der Waals surface area contributed by atoms with Gasteiger partial charge in [0.2, 0.25) is 0 Å². The van der Waals surface area contributed by atoms with Crippen LogP contribution < -0.4 is 5.63 Å². The molecular formula is C13H16O2. The van der Waals surface area contributed by atoms with E-state index in [0.717, 1.165) is 12.2 Å². The maximum absolute atomic E-state index is 11.3. The van der Waals surface area contributed by atoms with Crippen molar-refractivity contribution in [2.24, 2.45) is 5.41 Å². The third-order valence-corrected chi connectivity index (χ3v) is 4.97. The summed E-state index contributed by atoms with van der Waals surface area (Å²) in [6, 6.07) is 3.52. The number of rotatable bonds is 0. The van der Waals surface area contributed by atoms with Crippen LogP contribution in [0.15, 0.2) is 21.3 Å². The fourth-order valence-electron chi connectivity index (χ4n) is 3.58. The van der Waals surface area contributed by atoms with Gasteiger partial charge < -0.3 is 4.42 Å². The Bertz CT molecular complexity index is 484. The van der Waals surface area contributed by atoms with Crippen molar-refractivity contribution in [1.82, 2.24) is 0 Å². The second kappa shape index (κ2) is 2.37. The standard InChI is InChI=1S/C13H16O2/c1-12(2)9-6-7-13(12,3)11-8(9)4-5-10(14)15-11/h4-5,9H,6-7H2,1-3H3/t9-,13+/m0/s1. The van der Waals surface area contributed by atoms with Crippen molar-refractivity contribution in [3.8, 4) is 0 Å². The molecule has 0 saturated heterocycles. The van der Waals surface area contributed by atoms with Crippen LogP contribution in [0.25, 0.3) is 0 Å². The lowest BCUT2D eigenvalue weighted by atomic mass is 9.70. The highest BCUT2D eigenvalue weighted by Crippen LogP contribution is 2.67. The summed E-state index contributed by atoms with van der Waals surface area (Å²) in [5.41, 5.74) is 1.35. The quantitative estimate of drug-likeness (QED) is 0.650. The molecule has 0 radical (unpaired) electrons. The van der Waals surface area contributed by atoms with Crippen LogP contribution in [0.3, 0.4) is 0 Å². The van der Waals surface area contributed by atoms with Crippen molar-refractivity contribution in [3.63, 3.8) is 0 Å². The molecule has 2 atom stereocenters. The second-order valence-corrected chi connectivity index (χ2v) is 5.68. The van der Waals surface area contributed by atoms with E-state index in [4.69, 9.17) is 4.42 Å². The van der Waals surface area contributed by atoms with Crippen molar-refractivity contribution in [2.75, 3.05) is 0 Å². The zero-order valence-electron chi connectivity index (χ0n) is 9.46. The maximum atomic E-state index is 11.3. The first-order valence-electron chi connectivity index (χ1n) is 5.61. The van der Waals surface area contributed by atoms with Crippen molar-refractivity contribution in [1.29, 1.82) is 0 Å². The largest absolute Gasteiger partial charge is 0.427 e. The van der Waals surface area contributed by atoms with Crippen LogP contribution in [0, 0.1) is 5.41 Å². The first kappa shape index (κ1) is 9.20. The van der Waals surface area contributed by atoms with Gasteiger partial charge >= 0.3 is 5.63 Å². The minimum absolute atomic E-state index is 0.0629. The molecule has 0 aliphatic heterocycles. The van der Waals surface area contributed by atoms with Crippen LogP contribution in [-0.4, -0.2) is 0 Å². The Hall–Kier alpha value is -1.05. The minimum atomic E-state index is -0.210. The number of hydrogen-bond donors (Lipinski definition) is 0. The van der Waals surface area contributed by atoms with E-state index in [-0.39, 0.29) is 16.5 Å². The molecule has 2 aliphatic rings. The molecule has 0 unspecified atom stereocenters. The first-order chi connectivity index (χ1) is 6.97. The minimum Gasteiger partial charge on any atom is -0.427 e. The summed E-state index contributed by atoms with van der Waals surface area (Å²) in [6.07, 6.45) is 2.37. The average molecular weight is 204 g/mol. The van der Waals surface area contributed by atoms with Gasteiger partial charge in [0.25, 0.3) is 0 Å². The molecule has 0 aromatic carbocycles. The third kappa shape index (κ3) is 0.842. The molecule has 2 heteroatoms. The molecule has 0 amide bonds. The predicted octanol–water partition coefficient (Wildman–Crippen LogP) is 2.81. The van der Waals surface area contributed by atoms with Gasteiger partial charge in [0.1, 0.15) is 5.76 Å². The highest BCUT2D eigenvalue weighted by molar-refractivity contribution is 5.42. The molecule has 0 spiro atoms. The monoisotopic (exact) mass is 204 g/mol. The average Bonchev–Trinajstić information content (AvgIpc) is 2.48. The zero-order valence-corrected chi connectivity index (χ0v) is 9.46. The van der Waals surface area contributed by atoms with Gasteiger partial charge in [-0.15, -0.1) is 0 Å². The fraction of sp³-hybridized carbons (Fsp3) is 0.615. The Labute approximate surface area is 89.3 Å². The third-order valence-electron chi connectivity index (χ3n) is 4.97. The van der Waals surface area contributed by atoms with Gasteiger partial charge in [0.05, 0.1) is 0 Å². The van der Waals surface area contributed by atoms with Gasteiger partial charge in [-0.05, 0) is 35.8 Å². The van der Waals surface area contributed by atoms with Crippen molar-refractivity contribution < 1.29 is 4.42 Å². The Morgan fingerprint density at radius 3 is 2.80 bits per heavy atom. The summed E-state index contributed by atoms with van der Waals surface area (Å²) in [5, 5.41) is 0. The SMILES string of the molecule is CC1(C)[C@H]2CC[C@]1(C)c1oc(=O)ccc12. The van der Waals surface area contributed by atoms with E-state index in [0.29, 0.717) is 5.92 Å². The Morgan fingerprint density at radius 1 is 1.33 bits per heavy atom. The number of hydrogen-bond acceptors (Lipinski definition) is 2. The molecule has 2 bridgehead atoms. The van der Waals surface area contributed by atoms with Gasteiger partial charge in [-0.2, -0.15) is 0 Å². The molecule has 80 valence electrons. The van der Waals surface area contributed by atoms with Gasteiger partial charge in [0.15, 0.2) is 0 Å². The first-order valence-corrected chi connectivity index (χ1v) is 5.61. The zero-order chi connectivity index (χ0) is 10.8. The van der Waals surface area contributed by atoms with Gasteiger partial charge in [0, 0.05) is 11.5 Å². The Balaban J connectivity index is 2.34. The van der Waals surface area contributed by atoms with E-state index in [1.54, 1.807) is 6.07 Å². The Kier molecular flexibility index (Phi) is 1.45. The fourth-order valence-corrected chi connectivity index (χ4v) is 3.58. The molecule has 1 saturated carbocycles. The molecule has 2 nitrogen and oxygen atoms in total. The van der Waals surface area contributed by atoms with Crippen LogP contribution in [-0.2, 0) is 5.41 Å². The van der Waals surface area contributed by atoms with E-state index < -0.39 is 0 Å². The summed E-state index contributed by atoms with van der Waals surface area (Å²) in [7, 11) is 0. The smallest absolute Gasteiger partial charge is 0.335 e. The maximum Gasteiger partial charge on any atom is 0.335 e. The molecule has 3 rings (SSSR count). The van der Waals surface area contributed by atoms with Gasteiger partial charge in [-0.3, -0.25) is 0 Å². The van der Waals surface area contributed by atoms with Crippen LogP contribution in [0.5, 0.6) is 0 Å². The van der Waals surface area contributed by atoms with Crippen LogP contribution in [0.1, 0.15) is 50.9 Å². The van der Waals surface area contributed by atoms with Crippen molar-refractivity contribution in [3.05, 3.63) is 33.9 Å². The molecular weight excluding hydrogens is 188 g/mol. The molecule has 0 N–H and O–H groups in total. The van der Waals surface area contributed by atoms with Crippen LogP contribution >= 0.6 is 0 Å².